The summed E-state index contributed by atoms with van der Waals surface area (Å²) >= 11 is 0. The van der Waals surface area contributed by atoms with Crippen LogP contribution in [0.1, 0.15) is 21.5 Å². The van der Waals surface area contributed by atoms with Gasteiger partial charge in [0, 0.05) is 17.8 Å². The van der Waals surface area contributed by atoms with Crippen molar-refractivity contribution in [1.82, 2.24) is 5.32 Å². The number of fused-ring (bicyclic) bond motifs is 1. The van der Waals surface area contributed by atoms with Gasteiger partial charge in [0.15, 0.2) is 6.79 Å². The molecule has 0 aliphatic carbocycles. The fourth-order valence-corrected chi connectivity index (χ4v) is 3.47. The number of hydrogen-bond acceptors (Lipinski definition) is 5. The van der Waals surface area contributed by atoms with Crippen molar-refractivity contribution in [2.75, 3.05) is 25.8 Å². The van der Waals surface area contributed by atoms with E-state index in [1.165, 1.54) is 12.1 Å². The van der Waals surface area contributed by atoms with Crippen LogP contribution in [0.4, 0.5) is 15.8 Å². The predicted molar refractivity (Wildman–Crippen MR) is 115 cm³/mol. The molecule has 0 unspecified atom stereocenters. The lowest BCUT2D eigenvalue weighted by molar-refractivity contribution is -0.0172. The number of halogens is 1. The summed E-state index contributed by atoms with van der Waals surface area (Å²) in [4.78, 5) is 12.8. The maximum atomic E-state index is 13.9. The van der Waals surface area contributed by atoms with Gasteiger partial charge in [0.05, 0.1) is 25.0 Å². The Kier molecular flexibility index (Phi) is 6.33. The highest BCUT2D eigenvalue weighted by Crippen LogP contribution is 2.29. The normalized spacial score (nSPS) is 12.5. The van der Waals surface area contributed by atoms with Crippen molar-refractivity contribution in [3.63, 3.8) is 0 Å². The van der Waals surface area contributed by atoms with Crippen LogP contribution in [0.5, 0.6) is 11.5 Å². The van der Waals surface area contributed by atoms with Gasteiger partial charge in [0.25, 0.3) is 5.91 Å². The fourth-order valence-electron chi connectivity index (χ4n) is 3.47. The van der Waals surface area contributed by atoms with Gasteiger partial charge in [0.1, 0.15) is 17.3 Å². The lowest BCUT2D eigenvalue weighted by Gasteiger charge is -2.21. The number of amides is 1. The molecule has 0 atom stereocenters. The summed E-state index contributed by atoms with van der Waals surface area (Å²) in [6.45, 7) is 0.801. The Morgan fingerprint density at radius 1 is 1.13 bits per heavy atom. The molecule has 1 heterocycles. The van der Waals surface area contributed by atoms with Crippen LogP contribution in [0.2, 0.25) is 0 Å². The number of ether oxygens (including phenoxy) is 3. The van der Waals surface area contributed by atoms with Crippen molar-refractivity contribution in [2.45, 2.75) is 13.0 Å². The van der Waals surface area contributed by atoms with E-state index in [4.69, 9.17) is 14.2 Å². The number of rotatable bonds is 7. The van der Waals surface area contributed by atoms with Crippen LogP contribution in [0.3, 0.4) is 0 Å². The van der Waals surface area contributed by atoms with Crippen LogP contribution in [0.25, 0.3) is 0 Å². The first-order valence-corrected chi connectivity index (χ1v) is 9.94. The fraction of sp³-hybridized carbons (Fsp3) is 0.208. The smallest absolute Gasteiger partial charge is 0.253 e. The predicted octanol–water partition coefficient (Wildman–Crippen LogP) is 4.42. The van der Waals surface area contributed by atoms with Crippen LogP contribution in [0, 0.1) is 5.82 Å². The molecule has 4 rings (SSSR count). The van der Waals surface area contributed by atoms with E-state index in [1.807, 2.05) is 42.5 Å². The van der Waals surface area contributed by atoms with Crippen molar-refractivity contribution < 1.29 is 23.4 Å². The molecular formula is C24H23FN2O4. The molecule has 0 fully saturated rings. The zero-order chi connectivity index (χ0) is 21.6. The molecule has 7 heteroatoms. The molecule has 1 aliphatic rings. The zero-order valence-corrected chi connectivity index (χ0v) is 17.1. The summed E-state index contributed by atoms with van der Waals surface area (Å²) in [7, 11) is 1.61. The number of methoxy groups -OCH3 is 1. The van der Waals surface area contributed by atoms with Crippen molar-refractivity contribution in [3.8, 4) is 11.5 Å². The maximum absolute atomic E-state index is 13.9. The third-order valence-corrected chi connectivity index (χ3v) is 4.97. The number of nitrogens with one attached hydrogen (secondary N) is 2. The van der Waals surface area contributed by atoms with Gasteiger partial charge >= 0.3 is 0 Å². The highest BCUT2D eigenvalue weighted by atomic mass is 19.1. The third-order valence-electron chi connectivity index (χ3n) is 4.97. The van der Waals surface area contributed by atoms with E-state index in [2.05, 4.69) is 10.6 Å². The number of hydrogen-bond donors (Lipinski definition) is 2. The Morgan fingerprint density at radius 3 is 2.74 bits per heavy atom. The SMILES string of the molecule is COc1ccc(Nc2ccccc2C(=O)NCCc2cc(F)cc3c2OCOC3)cc1. The van der Waals surface area contributed by atoms with Crippen molar-refractivity contribution in [1.29, 1.82) is 0 Å². The molecule has 0 saturated carbocycles. The molecule has 0 spiro atoms. The van der Waals surface area contributed by atoms with Crippen molar-refractivity contribution >= 4 is 17.3 Å². The summed E-state index contributed by atoms with van der Waals surface area (Å²) in [5.74, 6) is 0.837. The summed E-state index contributed by atoms with van der Waals surface area (Å²) in [6.07, 6.45) is 0.444. The first-order chi connectivity index (χ1) is 15.1. The standard InChI is InChI=1S/C24H23FN2O4/c1-29-20-8-6-19(7-9-20)27-22-5-3-2-4-21(22)24(28)26-11-10-16-12-18(25)13-17-14-30-15-31-23(16)17/h2-9,12-13,27H,10-11,14-15H2,1H3,(H,26,28). The third kappa shape index (κ3) is 4.95. The average Bonchev–Trinajstić information content (AvgIpc) is 2.79. The van der Waals surface area contributed by atoms with Crippen molar-refractivity contribution in [2.24, 2.45) is 0 Å². The molecule has 0 saturated heterocycles. The number of anilines is 2. The Hall–Kier alpha value is -3.58. The molecule has 6 nitrogen and oxygen atoms in total. The molecule has 1 amide bonds. The van der Waals surface area contributed by atoms with E-state index < -0.39 is 0 Å². The van der Waals surface area contributed by atoms with Gasteiger partial charge in [-0.1, -0.05) is 12.1 Å². The second-order valence-corrected chi connectivity index (χ2v) is 7.07. The van der Waals surface area contributed by atoms with Gasteiger partial charge < -0.3 is 24.8 Å². The quantitative estimate of drug-likeness (QED) is 0.590. The molecule has 1 aliphatic heterocycles. The second kappa shape index (κ2) is 9.49. The highest BCUT2D eigenvalue weighted by Gasteiger charge is 2.17. The summed E-state index contributed by atoms with van der Waals surface area (Å²) in [5, 5.41) is 6.17. The molecule has 0 aromatic heterocycles. The number of carbonyl (C=O) groups excluding carboxylic acids is 1. The number of carbonyl (C=O) groups is 1. The van der Waals surface area contributed by atoms with E-state index in [9.17, 15) is 9.18 Å². The van der Waals surface area contributed by atoms with Crippen molar-refractivity contribution in [3.05, 3.63) is 83.2 Å². The summed E-state index contributed by atoms with van der Waals surface area (Å²) in [5.41, 5.74) is 3.44. The van der Waals surface area contributed by atoms with Gasteiger partial charge in [0.2, 0.25) is 0 Å². The van der Waals surface area contributed by atoms with E-state index in [-0.39, 0.29) is 18.5 Å². The van der Waals surface area contributed by atoms with Crippen LogP contribution >= 0.6 is 0 Å². The minimum atomic E-state index is -0.344. The van der Waals surface area contributed by atoms with Crippen LogP contribution in [-0.4, -0.2) is 26.4 Å². The molecule has 0 bridgehead atoms. The minimum absolute atomic E-state index is 0.141. The zero-order valence-electron chi connectivity index (χ0n) is 17.1. The van der Waals surface area contributed by atoms with E-state index in [1.54, 1.807) is 13.2 Å². The van der Waals surface area contributed by atoms with Crippen LogP contribution in [-0.2, 0) is 17.8 Å². The molecule has 2 N–H and O–H groups in total. The Bertz CT molecular complexity index is 1070. The van der Waals surface area contributed by atoms with Crippen LogP contribution in [0.15, 0.2) is 60.7 Å². The molecule has 3 aromatic carbocycles. The largest absolute Gasteiger partial charge is 0.497 e. The average molecular weight is 422 g/mol. The van der Waals surface area contributed by atoms with Gasteiger partial charge in [-0.15, -0.1) is 0 Å². The monoisotopic (exact) mass is 422 g/mol. The molecular weight excluding hydrogens is 399 g/mol. The topological polar surface area (TPSA) is 68.8 Å². The molecule has 0 radical (unpaired) electrons. The first-order valence-electron chi connectivity index (χ1n) is 9.94. The second-order valence-electron chi connectivity index (χ2n) is 7.07. The van der Waals surface area contributed by atoms with E-state index in [0.29, 0.717) is 47.7 Å². The lowest BCUT2D eigenvalue weighted by Crippen LogP contribution is -2.26. The Morgan fingerprint density at radius 2 is 1.94 bits per heavy atom. The summed E-state index contributed by atoms with van der Waals surface area (Å²) < 4.78 is 29.8. The van der Waals surface area contributed by atoms with Gasteiger partial charge in [-0.2, -0.15) is 0 Å². The van der Waals surface area contributed by atoms with E-state index in [0.717, 1.165) is 11.4 Å². The van der Waals surface area contributed by atoms with Gasteiger partial charge in [-0.05, 0) is 60.5 Å². The highest BCUT2D eigenvalue weighted by molar-refractivity contribution is 6.00. The van der Waals surface area contributed by atoms with E-state index >= 15 is 0 Å². The minimum Gasteiger partial charge on any atom is -0.497 e. The molecule has 3 aromatic rings. The number of para-hydroxylation sites is 1. The van der Waals surface area contributed by atoms with Crippen LogP contribution < -0.4 is 20.1 Å². The maximum Gasteiger partial charge on any atom is 0.253 e. The Labute approximate surface area is 179 Å². The van der Waals surface area contributed by atoms with Gasteiger partial charge in [-0.25, -0.2) is 4.39 Å². The Balaban J connectivity index is 1.42. The summed E-state index contributed by atoms with van der Waals surface area (Å²) in [6, 6.07) is 17.6. The number of benzene rings is 3. The first kappa shape index (κ1) is 20.7. The molecule has 160 valence electrons. The van der Waals surface area contributed by atoms with Gasteiger partial charge in [-0.3, -0.25) is 4.79 Å². The molecule has 31 heavy (non-hydrogen) atoms. The lowest BCUT2D eigenvalue weighted by atomic mass is 10.1.